The van der Waals surface area contributed by atoms with E-state index in [4.69, 9.17) is 0 Å². The van der Waals surface area contributed by atoms with Gasteiger partial charge in [-0.25, -0.2) is 0 Å². The lowest BCUT2D eigenvalue weighted by atomic mass is 10.0. The number of nitrogens with zero attached hydrogens (tertiary/aromatic N) is 1. The molecule has 1 amide bonds. The molecule has 2 N–H and O–H groups in total. The van der Waals surface area contributed by atoms with Crippen molar-refractivity contribution in [3.05, 3.63) is 59.8 Å². The largest absolute Gasteiger partial charge is 0.300 e. The Morgan fingerprint density at radius 3 is 2.70 bits per heavy atom. The molecular weight excluding hydrogens is 248 g/mol. The van der Waals surface area contributed by atoms with E-state index in [1.807, 2.05) is 7.05 Å². The number of hydrogen-bond donors (Lipinski definition) is 1. The van der Waals surface area contributed by atoms with E-state index in [2.05, 4.69) is 47.8 Å². The maximum Gasteiger partial charge on any atom is 0.256 e. The third-order valence-electron chi connectivity index (χ3n) is 3.83. The van der Waals surface area contributed by atoms with Crippen molar-refractivity contribution < 1.29 is 10.1 Å². The molecule has 0 aromatic heterocycles. The van der Waals surface area contributed by atoms with Crippen molar-refractivity contribution in [2.75, 3.05) is 13.7 Å². The van der Waals surface area contributed by atoms with Crippen molar-refractivity contribution in [2.24, 2.45) is 0 Å². The summed E-state index contributed by atoms with van der Waals surface area (Å²) < 4.78 is 0. The van der Waals surface area contributed by atoms with Crippen molar-refractivity contribution in [3.63, 3.8) is 0 Å². The first-order valence-electron chi connectivity index (χ1n) is 6.99. The van der Waals surface area contributed by atoms with Crippen LogP contribution < -0.4 is 5.32 Å². The van der Waals surface area contributed by atoms with Crippen LogP contribution in [0.15, 0.2) is 54.2 Å². The lowest BCUT2D eigenvalue weighted by molar-refractivity contribution is -0.626. The molecule has 2 aromatic rings. The van der Waals surface area contributed by atoms with E-state index in [-0.39, 0.29) is 5.91 Å². The molecule has 2 aromatic carbocycles. The lowest BCUT2D eigenvalue weighted by Crippen LogP contribution is -2.87. The Balaban J connectivity index is 1.71. The fourth-order valence-corrected chi connectivity index (χ4v) is 2.53. The van der Waals surface area contributed by atoms with Crippen LogP contribution in [-0.4, -0.2) is 24.5 Å². The molecule has 0 fully saturated rings. The summed E-state index contributed by atoms with van der Waals surface area (Å²) in [5, 5.41) is 4.70. The second-order valence-corrected chi connectivity index (χ2v) is 5.32. The molecule has 1 aliphatic heterocycles. The number of allylic oxidation sites excluding steroid dienone is 1. The minimum Gasteiger partial charge on any atom is -0.300 e. The Morgan fingerprint density at radius 2 is 1.90 bits per heavy atom. The van der Waals surface area contributed by atoms with Crippen molar-refractivity contribution >= 4 is 16.7 Å². The van der Waals surface area contributed by atoms with Crippen LogP contribution in [0.25, 0.3) is 10.8 Å². The summed E-state index contributed by atoms with van der Waals surface area (Å²) in [6.07, 6.45) is 3.66. The quantitative estimate of drug-likeness (QED) is 0.902. The lowest BCUT2D eigenvalue weighted by Gasteiger charge is -2.19. The second kappa shape index (κ2) is 5.47. The normalized spacial score (nSPS) is 15.6. The van der Waals surface area contributed by atoms with Gasteiger partial charge in [-0.3, -0.25) is 9.69 Å². The van der Waals surface area contributed by atoms with Crippen LogP contribution >= 0.6 is 0 Å². The monoisotopic (exact) mass is 267 g/mol. The number of carbonyl (C=O) groups is 1. The Labute approximate surface area is 118 Å². The highest BCUT2D eigenvalue weighted by Gasteiger charge is 2.17. The van der Waals surface area contributed by atoms with Crippen LogP contribution in [0, 0.1) is 0 Å². The molecule has 1 aliphatic rings. The summed E-state index contributed by atoms with van der Waals surface area (Å²) in [5.74, 6) is 0.112. The second-order valence-electron chi connectivity index (χ2n) is 5.32. The van der Waals surface area contributed by atoms with Gasteiger partial charge in [-0.1, -0.05) is 42.5 Å². The van der Waals surface area contributed by atoms with Crippen molar-refractivity contribution in [1.29, 1.82) is 0 Å². The summed E-state index contributed by atoms with van der Waals surface area (Å²) in [7, 11) is 1.83. The molecular formula is C17H19N2O+. The number of hydrogen-bond acceptors (Lipinski definition) is 1. The number of quaternary nitrogens is 1. The van der Waals surface area contributed by atoms with Crippen LogP contribution in [0.5, 0.6) is 0 Å². The van der Waals surface area contributed by atoms with Gasteiger partial charge in [0.25, 0.3) is 5.91 Å². The first kappa shape index (κ1) is 12.9. The van der Waals surface area contributed by atoms with Gasteiger partial charge in [-0.15, -0.1) is 0 Å². The molecule has 0 saturated heterocycles. The van der Waals surface area contributed by atoms with Gasteiger partial charge in [0.1, 0.15) is 5.70 Å². The Bertz CT molecular complexity index is 675. The Kier molecular flexibility index (Phi) is 3.52. The van der Waals surface area contributed by atoms with Crippen LogP contribution in [0.3, 0.4) is 0 Å². The molecule has 0 bridgehead atoms. The summed E-state index contributed by atoms with van der Waals surface area (Å²) in [4.78, 5) is 13.3. The Hall–Kier alpha value is -2.13. The predicted octanol–water partition coefficient (Wildman–Crippen LogP) is 1.65. The molecule has 1 heterocycles. The zero-order valence-corrected chi connectivity index (χ0v) is 11.7. The molecule has 20 heavy (non-hydrogen) atoms. The maximum atomic E-state index is 11.6. The number of carbonyl (C=O) groups excluding carboxylic acids is 1. The maximum absolute atomic E-state index is 11.6. The van der Waals surface area contributed by atoms with E-state index in [1.54, 1.807) is 11.0 Å². The van der Waals surface area contributed by atoms with Crippen LogP contribution in [-0.2, 0) is 11.2 Å². The molecule has 0 aliphatic carbocycles. The molecule has 0 unspecified atom stereocenters. The first-order chi connectivity index (χ1) is 9.72. The zero-order chi connectivity index (χ0) is 13.9. The smallest absolute Gasteiger partial charge is 0.256 e. The highest BCUT2D eigenvalue weighted by Crippen LogP contribution is 2.17. The van der Waals surface area contributed by atoms with E-state index in [0.717, 1.165) is 25.2 Å². The highest BCUT2D eigenvalue weighted by molar-refractivity contribution is 5.88. The number of aryl methyl sites for hydroxylation is 1. The summed E-state index contributed by atoms with van der Waals surface area (Å²) in [6, 6.07) is 15.0. The molecule has 102 valence electrons. The number of rotatable bonds is 3. The molecule has 3 rings (SSSR count). The van der Waals surface area contributed by atoms with E-state index in [0.29, 0.717) is 0 Å². The highest BCUT2D eigenvalue weighted by atomic mass is 16.2. The Morgan fingerprint density at radius 1 is 1.10 bits per heavy atom. The van der Waals surface area contributed by atoms with Gasteiger partial charge >= 0.3 is 0 Å². The summed E-state index contributed by atoms with van der Waals surface area (Å²) in [6.45, 7) is 0.725. The molecule has 3 nitrogen and oxygen atoms in total. The summed E-state index contributed by atoms with van der Waals surface area (Å²) >= 11 is 0. The number of nitrogens with two attached hydrogens (primary N) is 1. The minimum absolute atomic E-state index is 0.112. The third-order valence-corrected chi connectivity index (χ3v) is 3.83. The average molecular weight is 267 g/mol. The number of amides is 1. The van der Waals surface area contributed by atoms with E-state index in [9.17, 15) is 4.79 Å². The molecule has 0 radical (unpaired) electrons. The number of fused-ring (bicyclic) bond motifs is 1. The van der Waals surface area contributed by atoms with E-state index in [1.165, 1.54) is 16.3 Å². The van der Waals surface area contributed by atoms with Gasteiger partial charge in [0.2, 0.25) is 0 Å². The molecule has 3 heteroatoms. The third kappa shape index (κ3) is 2.73. The molecule has 0 spiro atoms. The average Bonchev–Trinajstić information content (AvgIpc) is 2.48. The fourth-order valence-electron chi connectivity index (χ4n) is 2.53. The van der Waals surface area contributed by atoms with Crippen LogP contribution in [0.2, 0.25) is 0 Å². The van der Waals surface area contributed by atoms with Crippen LogP contribution in [0.1, 0.15) is 12.0 Å². The first-order valence-corrected chi connectivity index (χ1v) is 6.99. The van der Waals surface area contributed by atoms with Gasteiger partial charge in [0.05, 0.1) is 6.08 Å². The predicted molar refractivity (Wildman–Crippen MR) is 79.9 cm³/mol. The standard InChI is InChI=1S/C17H18N2O/c1-19-12-18-16(11-17(19)20)9-7-13-6-8-14-4-2-3-5-15(14)10-13/h2-6,8,10-11,18H,7,9,12H2,1H3/p+1. The zero-order valence-electron chi connectivity index (χ0n) is 11.7. The number of benzene rings is 2. The molecule has 0 atom stereocenters. The van der Waals surface area contributed by atoms with E-state index < -0.39 is 0 Å². The minimum atomic E-state index is 0.112. The SMILES string of the molecule is CN1C[NH2+]C(CCc2ccc3ccccc3c2)=CC1=O. The fraction of sp³-hybridized carbons (Fsp3) is 0.235. The van der Waals surface area contributed by atoms with Crippen molar-refractivity contribution in [1.82, 2.24) is 4.90 Å². The van der Waals surface area contributed by atoms with Crippen molar-refractivity contribution in [3.8, 4) is 0 Å². The van der Waals surface area contributed by atoms with Gasteiger partial charge < -0.3 is 5.32 Å². The topological polar surface area (TPSA) is 36.9 Å². The summed E-state index contributed by atoms with van der Waals surface area (Å²) in [5.41, 5.74) is 2.48. The van der Waals surface area contributed by atoms with Gasteiger partial charge in [-0.2, -0.15) is 0 Å². The van der Waals surface area contributed by atoms with Gasteiger partial charge in [0, 0.05) is 13.5 Å². The van der Waals surface area contributed by atoms with Crippen molar-refractivity contribution in [2.45, 2.75) is 12.8 Å². The van der Waals surface area contributed by atoms with E-state index >= 15 is 0 Å². The van der Waals surface area contributed by atoms with Crippen LogP contribution in [0.4, 0.5) is 0 Å². The van der Waals surface area contributed by atoms with Gasteiger partial charge in [-0.05, 0) is 22.8 Å². The van der Waals surface area contributed by atoms with Gasteiger partial charge in [0.15, 0.2) is 6.67 Å². The number of likely N-dealkylation sites (N-methyl/N-ethyl adjacent to an activating group) is 1. The molecule has 0 saturated carbocycles.